The van der Waals surface area contributed by atoms with E-state index in [9.17, 15) is 13.6 Å². The largest absolute Gasteiger partial charge is 0.379 e. The lowest BCUT2D eigenvalue weighted by Gasteiger charge is -2.30. The van der Waals surface area contributed by atoms with Gasteiger partial charge in [0.1, 0.15) is 11.6 Å². The van der Waals surface area contributed by atoms with E-state index < -0.39 is 17.7 Å². The summed E-state index contributed by atoms with van der Waals surface area (Å²) in [6, 6.07) is 7.66. The Morgan fingerprint density at radius 1 is 1.10 bits per heavy atom. The molecule has 2 aromatic carbocycles. The highest BCUT2D eigenvalue weighted by atomic mass is 35.5. The van der Waals surface area contributed by atoms with Gasteiger partial charge < -0.3 is 15.0 Å². The predicted octanol–water partition coefficient (Wildman–Crippen LogP) is 4.64. The van der Waals surface area contributed by atoms with Crippen LogP contribution in [0.3, 0.4) is 0 Å². The van der Waals surface area contributed by atoms with E-state index in [4.69, 9.17) is 27.9 Å². The van der Waals surface area contributed by atoms with Gasteiger partial charge in [-0.25, -0.2) is 13.6 Å². The van der Waals surface area contributed by atoms with Gasteiger partial charge in [0.2, 0.25) is 0 Å². The zero-order chi connectivity index (χ0) is 20.8. The molecule has 0 bridgehead atoms. The molecule has 0 radical (unpaired) electrons. The van der Waals surface area contributed by atoms with Crippen LogP contribution in [0, 0.1) is 11.6 Å². The molecule has 1 fully saturated rings. The summed E-state index contributed by atoms with van der Waals surface area (Å²) in [6.07, 6.45) is 0. The lowest BCUT2D eigenvalue weighted by molar-refractivity contribution is 0.0349. The fourth-order valence-electron chi connectivity index (χ4n) is 2.98. The third kappa shape index (κ3) is 6.27. The molecular formula is C20H21Cl2F2N3O2. The Balaban J connectivity index is 1.72. The number of rotatable bonds is 6. The fourth-order valence-corrected chi connectivity index (χ4v) is 3.30. The average Bonchev–Trinajstić information content (AvgIpc) is 2.70. The van der Waals surface area contributed by atoms with Crippen LogP contribution in [0.5, 0.6) is 0 Å². The van der Waals surface area contributed by atoms with Crippen LogP contribution >= 0.6 is 23.2 Å². The van der Waals surface area contributed by atoms with Crippen LogP contribution in [0.4, 0.5) is 19.3 Å². The van der Waals surface area contributed by atoms with E-state index in [-0.39, 0.29) is 12.2 Å². The minimum atomic E-state index is -0.832. The molecule has 29 heavy (non-hydrogen) atoms. The third-order valence-electron chi connectivity index (χ3n) is 4.61. The summed E-state index contributed by atoms with van der Waals surface area (Å²) in [5.74, 6) is -1.54. The van der Waals surface area contributed by atoms with Crippen LogP contribution in [-0.4, -0.2) is 55.2 Å². The number of carbonyl (C=O) groups excluding carboxylic acids is 1. The van der Waals surface area contributed by atoms with Crippen molar-refractivity contribution in [3.05, 3.63) is 63.6 Å². The normalized spacial score (nSPS) is 14.6. The Labute approximate surface area is 178 Å². The highest BCUT2D eigenvalue weighted by molar-refractivity contribution is 6.42. The Morgan fingerprint density at radius 3 is 2.55 bits per heavy atom. The van der Waals surface area contributed by atoms with Crippen molar-refractivity contribution in [2.75, 3.05) is 44.7 Å². The molecule has 5 nitrogen and oxygen atoms in total. The molecule has 1 aliphatic heterocycles. The van der Waals surface area contributed by atoms with Gasteiger partial charge in [-0.2, -0.15) is 0 Å². The number of ether oxygens (including phenoxy) is 1. The number of hydrogen-bond acceptors (Lipinski definition) is 3. The highest BCUT2D eigenvalue weighted by Gasteiger charge is 2.19. The molecule has 0 aliphatic carbocycles. The first kappa shape index (κ1) is 21.8. The second-order valence-electron chi connectivity index (χ2n) is 6.68. The molecular weight excluding hydrogens is 423 g/mol. The van der Waals surface area contributed by atoms with Gasteiger partial charge >= 0.3 is 6.03 Å². The molecule has 9 heteroatoms. The Morgan fingerprint density at radius 2 is 1.86 bits per heavy atom. The number of amides is 2. The number of hydrogen-bond donors (Lipinski definition) is 1. The topological polar surface area (TPSA) is 44.8 Å². The lowest BCUT2D eigenvalue weighted by Crippen LogP contribution is -2.44. The minimum absolute atomic E-state index is 0.0816. The van der Waals surface area contributed by atoms with E-state index in [1.54, 1.807) is 23.1 Å². The predicted molar refractivity (Wildman–Crippen MR) is 110 cm³/mol. The van der Waals surface area contributed by atoms with Gasteiger partial charge in [0, 0.05) is 38.8 Å². The van der Waals surface area contributed by atoms with Crippen LogP contribution in [-0.2, 0) is 11.3 Å². The van der Waals surface area contributed by atoms with Crippen molar-refractivity contribution in [1.29, 1.82) is 0 Å². The molecule has 156 valence electrons. The van der Waals surface area contributed by atoms with Crippen molar-refractivity contribution in [2.45, 2.75) is 6.54 Å². The lowest BCUT2D eigenvalue weighted by atomic mass is 10.2. The SMILES string of the molecule is O=C(Nc1ccc(F)cc1F)N(CCN1CCOCC1)Cc1ccc(Cl)c(Cl)c1. The Bertz CT molecular complexity index is 864. The fraction of sp³-hybridized carbons (Fsp3) is 0.350. The van der Waals surface area contributed by atoms with E-state index >= 15 is 0 Å². The number of benzene rings is 2. The van der Waals surface area contributed by atoms with Crippen LogP contribution in [0.15, 0.2) is 36.4 Å². The average molecular weight is 444 g/mol. The van der Waals surface area contributed by atoms with Crippen LogP contribution in [0.2, 0.25) is 10.0 Å². The van der Waals surface area contributed by atoms with Crippen molar-refractivity contribution in [3.63, 3.8) is 0 Å². The minimum Gasteiger partial charge on any atom is -0.379 e. The zero-order valence-electron chi connectivity index (χ0n) is 15.6. The third-order valence-corrected chi connectivity index (χ3v) is 5.35. The van der Waals surface area contributed by atoms with E-state index in [2.05, 4.69) is 10.2 Å². The monoisotopic (exact) mass is 443 g/mol. The number of nitrogens with zero attached hydrogens (tertiary/aromatic N) is 2. The molecule has 0 aromatic heterocycles. The molecule has 1 heterocycles. The second kappa shape index (κ2) is 10.2. The summed E-state index contributed by atoms with van der Waals surface area (Å²) in [4.78, 5) is 16.6. The number of anilines is 1. The maximum absolute atomic E-state index is 13.9. The maximum atomic E-state index is 13.9. The molecule has 1 N–H and O–H groups in total. The number of urea groups is 1. The first-order valence-electron chi connectivity index (χ1n) is 9.17. The van der Waals surface area contributed by atoms with Crippen LogP contribution < -0.4 is 5.32 Å². The van der Waals surface area contributed by atoms with E-state index in [1.807, 2.05) is 0 Å². The quantitative estimate of drug-likeness (QED) is 0.707. The molecule has 3 rings (SSSR count). The summed E-state index contributed by atoms with van der Waals surface area (Å²) in [6.45, 7) is 4.19. The van der Waals surface area contributed by atoms with Gasteiger partial charge in [0.05, 0.1) is 28.9 Å². The summed E-state index contributed by atoms with van der Waals surface area (Å²) < 4.78 is 32.4. The summed E-state index contributed by atoms with van der Waals surface area (Å²) >= 11 is 12.0. The van der Waals surface area contributed by atoms with Crippen molar-refractivity contribution in [2.24, 2.45) is 0 Å². The van der Waals surface area contributed by atoms with Gasteiger partial charge in [-0.1, -0.05) is 29.3 Å². The van der Waals surface area contributed by atoms with E-state index in [0.29, 0.717) is 36.3 Å². The van der Waals surface area contributed by atoms with Gasteiger partial charge in [-0.3, -0.25) is 4.90 Å². The van der Waals surface area contributed by atoms with Crippen molar-refractivity contribution >= 4 is 34.9 Å². The van der Waals surface area contributed by atoms with E-state index in [1.165, 1.54) is 6.07 Å². The smallest absolute Gasteiger partial charge is 0.322 e. The van der Waals surface area contributed by atoms with Gasteiger partial charge in [0.15, 0.2) is 0 Å². The van der Waals surface area contributed by atoms with Gasteiger partial charge in [-0.15, -0.1) is 0 Å². The second-order valence-corrected chi connectivity index (χ2v) is 7.49. The maximum Gasteiger partial charge on any atom is 0.322 e. The molecule has 2 amide bonds. The summed E-state index contributed by atoms with van der Waals surface area (Å²) in [5, 5.41) is 3.33. The number of morpholine rings is 1. The zero-order valence-corrected chi connectivity index (χ0v) is 17.1. The van der Waals surface area contributed by atoms with Crippen LogP contribution in [0.25, 0.3) is 0 Å². The highest BCUT2D eigenvalue weighted by Crippen LogP contribution is 2.23. The van der Waals surface area contributed by atoms with Crippen molar-refractivity contribution < 1.29 is 18.3 Å². The molecule has 0 unspecified atom stereocenters. The molecule has 1 saturated heterocycles. The summed E-state index contributed by atoms with van der Waals surface area (Å²) in [5.41, 5.74) is 0.706. The number of nitrogens with one attached hydrogen (secondary N) is 1. The van der Waals surface area contributed by atoms with Crippen LogP contribution in [0.1, 0.15) is 5.56 Å². The standard InChI is InChI=1S/C20H21Cl2F2N3O2/c21-16-3-1-14(11-17(16)22)13-27(6-5-26-7-9-29-10-8-26)20(28)25-19-4-2-15(23)12-18(19)24/h1-4,11-12H,5-10,13H2,(H,25,28). The van der Waals surface area contributed by atoms with Crippen molar-refractivity contribution in [3.8, 4) is 0 Å². The molecule has 1 aliphatic rings. The molecule has 0 spiro atoms. The molecule has 0 atom stereocenters. The van der Waals surface area contributed by atoms with E-state index in [0.717, 1.165) is 30.8 Å². The van der Waals surface area contributed by atoms with Gasteiger partial charge in [0.25, 0.3) is 0 Å². The first-order valence-corrected chi connectivity index (χ1v) is 9.93. The molecule has 0 saturated carbocycles. The van der Waals surface area contributed by atoms with Crippen molar-refractivity contribution in [1.82, 2.24) is 9.80 Å². The Hall–Kier alpha value is -1.93. The van der Waals surface area contributed by atoms with Gasteiger partial charge in [-0.05, 0) is 29.8 Å². The Kier molecular flexibility index (Phi) is 7.66. The summed E-state index contributed by atoms with van der Waals surface area (Å²) in [7, 11) is 0. The number of carbonyl (C=O) groups is 1. The number of halogens is 4. The molecule has 2 aromatic rings. The first-order chi connectivity index (χ1) is 13.9.